The zero-order valence-electron chi connectivity index (χ0n) is 48.9. The molecule has 0 aromatic rings. The molecule has 0 aliphatic carbocycles. The van der Waals surface area contributed by atoms with Crippen LogP contribution in [-0.4, -0.2) is 0 Å². The van der Waals surface area contributed by atoms with E-state index in [1.165, 1.54) is 0 Å². The number of hydrogen-bond acceptors (Lipinski definition) is 0. The van der Waals surface area contributed by atoms with Crippen molar-refractivity contribution >= 4 is 0 Å². The molecule has 0 aliphatic heterocycles. The van der Waals surface area contributed by atoms with Crippen LogP contribution in [0.2, 0.25) is 0 Å². The summed E-state index contributed by atoms with van der Waals surface area (Å²) in [7, 11) is 0. The standard InChI is InChI=1S/24C2H6.2V/c24*1-2;;/h24*1-2H3;;. The Bertz CT molecular complexity index is 12.1. The molecule has 0 aromatic heterocycles. The summed E-state index contributed by atoms with van der Waals surface area (Å²) in [6.07, 6.45) is 0. The Hall–Kier alpha value is 1.17. The van der Waals surface area contributed by atoms with Gasteiger partial charge in [0.1, 0.15) is 0 Å². The molecule has 0 saturated carbocycles. The predicted molar refractivity (Wildman–Crippen MR) is 272 cm³/mol. The van der Waals surface area contributed by atoms with E-state index in [1.807, 2.05) is 332 Å². The third kappa shape index (κ3) is 83500. The average Bonchev–Trinajstić information content (AvgIpc) is 3.34. The minimum Gasteiger partial charge on any atom is -0.0683 e. The largest absolute Gasteiger partial charge is 0.0683 e. The molecule has 0 fully saturated rings. The summed E-state index contributed by atoms with van der Waals surface area (Å²) >= 11 is 0. The van der Waals surface area contributed by atoms with Crippen molar-refractivity contribution in [2.75, 3.05) is 0 Å². The quantitative estimate of drug-likeness (QED) is 0.228. The Labute approximate surface area is 367 Å². The zero-order valence-corrected chi connectivity index (χ0v) is 51.7. The Morgan fingerprint density at radius 1 is 0.0600 bits per heavy atom. The minimum absolute atomic E-state index is 0. The first-order chi connectivity index (χ1) is 24.0. The first kappa shape index (κ1) is 203. The molecule has 0 nitrogen and oxygen atoms in total. The van der Waals surface area contributed by atoms with E-state index < -0.39 is 0 Å². The normalized spacial score (nSPS) is 2.88. The van der Waals surface area contributed by atoms with Crippen molar-refractivity contribution in [1.82, 2.24) is 0 Å². The van der Waals surface area contributed by atoms with Gasteiger partial charge in [0, 0.05) is 37.1 Å². The second kappa shape index (κ2) is 88800. The Morgan fingerprint density at radius 3 is 0.0600 bits per heavy atom. The number of hydrogen-bond donors (Lipinski definition) is 0. The van der Waals surface area contributed by atoms with E-state index in [-0.39, 0.29) is 37.1 Å². The third-order valence-corrected chi connectivity index (χ3v) is 0. The van der Waals surface area contributed by atoms with Crippen molar-refractivity contribution in [3.63, 3.8) is 0 Å². The van der Waals surface area contributed by atoms with Crippen LogP contribution in [0, 0.1) is 0 Å². The molecule has 0 bridgehead atoms. The molecule has 2 heteroatoms. The molecule has 0 atom stereocenters. The molecule has 0 N–H and O–H groups in total. The first-order valence-electron chi connectivity index (χ1n) is 24.0. The summed E-state index contributed by atoms with van der Waals surface area (Å²) in [6, 6.07) is 0. The summed E-state index contributed by atoms with van der Waals surface area (Å²) < 4.78 is 0. The van der Waals surface area contributed by atoms with Gasteiger partial charge in [-0.2, -0.15) is 0 Å². The van der Waals surface area contributed by atoms with Crippen LogP contribution in [0.25, 0.3) is 0 Å². The molecule has 0 unspecified atom stereocenters. The SMILES string of the molecule is CC.CC.CC.CC.CC.CC.CC.CC.CC.CC.CC.CC.CC.CC.CC.CC.CC.CC.CC.CC.CC.CC.CC.CC.[V].[V]. The van der Waals surface area contributed by atoms with Gasteiger partial charge in [0.05, 0.1) is 0 Å². The third-order valence-electron chi connectivity index (χ3n) is 0. The fraction of sp³-hybridized carbons (Fsp3) is 1.00. The molecule has 0 aliphatic rings. The molecular weight excluding hydrogens is 678 g/mol. The van der Waals surface area contributed by atoms with Gasteiger partial charge >= 0.3 is 0 Å². The van der Waals surface area contributed by atoms with Gasteiger partial charge in [0.2, 0.25) is 0 Å². The van der Waals surface area contributed by atoms with Crippen LogP contribution in [0.3, 0.4) is 0 Å². The Balaban J connectivity index is -0.00000000500. The maximum Gasteiger partial charge on any atom is 0 e. The molecule has 0 aromatic carbocycles. The first-order valence-corrected chi connectivity index (χ1v) is 24.0. The average molecular weight is 824 g/mol. The van der Waals surface area contributed by atoms with E-state index in [0.717, 1.165) is 0 Å². The van der Waals surface area contributed by atoms with Crippen molar-refractivity contribution in [1.29, 1.82) is 0 Å². The molecule has 2 radical (unpaired) electrons. The van der Waals surface area contributed by atoms with E-state index in [9.17, 15) is 0 Å². The van der Waals surface area contributed by atoms with Crippen LogP contribution in [-0.2, 0) is 37.1 Å². The summed E-state index contributed by atoms with van der Waals surface area (Å²) in [5, 5.41) is 0. The van der Waals surface area contributed by atoms with Gasteiger partial charge < -0.3 is 0 Å². The second-order valence-electron chi connectivity index (χ2n) is 0. The molecule has 0 rings (SSSR count). The zero-order chi connectivity index (χ0) is 48.0. The smallest absolute Gasteiger partial charge is 0 e. The van der Waals surface area contributed by atoms with E-state index in [4.69, 9.17) is 0 Å². The van der Waals surface area contributed by atoms with Gasteiger partial charge in [0.25, 0.3) is 0 Å². The topological polar surface area (TPSA) is 0 Å². The van der Waals surface area contributed by atoms with Crippen LogP contribution in [0.15, 0.2) is 0 Å². The van der Waals surface area contributed by atoms with Crippen LogP contribution < -0.4 is 0 Å². The molecule has 0 amide bonds. The molecule has 346 valence electrons. The van der Waals surface area contributed by atoms with Crippen LogP contribution >= 0.6 is 0 Å². The molecule has 50 heavy (non-hydrogen) atoms. The predicted octanol–water partition coefficient (Wildman–Crippen LogP) is 24.6. The van der Waals surface area contributed by atoms with Crippen molar-refractivity contribution in [3.8, 4) is 0 Å². The summed E-state index contributed by atoms with van der Waals surface area (Å²) in [4.78, 5) is 0. The van der Waals surface area contributed by atoms with Crippen molar-refractivity contribution in [2.24, 2.45) is 0 Å². The van der Waals surface area contributed by atoms with Gasteiger partial charge in [-0.3, -0.25) is 0 Å². The minimum atomic E-state index is 0. The number of rotatable bonds is 0. The van der Waals surface area contributed by atoms with Gasteiger partial charge in [-0.1, -0.05) is 332 Å². The van der Waals surface area contributed by atoms with E-state index >= 15 is 0 Å². The van der Waals surface area contributed by atoms with Crippen LogP contribution in [0.1, 0.15) is 332 Å². The van der Waals surface area contributed by atoms with Gasteiger partial charge in [-0.25, -0.2) is 0 Å². The van der Waals surface area contributed by atoms with Gasteiger partial charge in [0.15, 0.2) is 0 Å². The summed E-state index contributed by atoms with van der Waals surface area (Å²) in [5.41, 5.74) is 0. The fourth-order valence-electron chi connectivity index (χ4n) is 0. The van der Waals surface area contributed by atoms with E-state index in [0.29, 0.717) is 0 Å². The van der Waals surface area contributed by atoms with E-state index in [2.05, 4.69) is 0 Å². The molecule has 0 heterocycles. The maximum atomic E-state index is 2.00. The molecular formula is C48H144V2. The van der Waals surface area contributed by atoms with Crippen molar-refractivity contribution in [3.05, 3.63) is 0 Å². The Kier molecular flexibility index (Phi) is 361000. The van der Waals surface area contributed by atoms with Gasteiger partial charge in [-0.05, 0) is 0 Å². The summed E-state index contributed by atoms with van der Waals surface area (Å²) in [6.45, 7) is 96.0. The molecule has 0 saturated heterocycles. The van der Waals surface area contributed by atoms with Crippen molar-refractivity contribution < 1.29 is 37.1 Å². The monoisotopic (exact) mass is 823 g/mol. The van der Waals surface area contributed by atoms with E-state index in [1.54, 1.807) is 0 Å². The second-order valence-corrected chi connectivity index (χ2v) is 0. The van der Waals surface area contributed by atoms with Crippen LogP contribution in [0.5, 0.6) is 0 Å². The Morgan fingerprint density at radius 2 is 0.0600 bits per heavy atom. The van der Waals surface area contributed by atoms with Crippen molar-refractivity contribution in [2.45, 2.75) is 332 Å². The van der Waals surface area contributed by atoms with Crippen LogP contribution in [0.4, 0.5) is 0 Å². The fourth-order valence-corrected chi connectivity index (χ4v) is 0. The maximum absolute atomic E-state index is 2.00. The van der Waals surface area contributed by atoms with Gasteiger partial charge in [-0.15, -0.1) is 0 Å². The summed E-state index contributed by atoms with van der Waals surface area (Å²) in [5.74, 6) is 0. The molecule has 0 spiro atoms.